The number of rotatable bonds is 9. The number of esters is 1. The Hall–Kier alpha value is -4.08. The molecule has 1 N–H and O–H groups in total. The second-order valence-corrected chi connectivity index (χ2v) is 7.88. The average molecular weight is 467 g/mol. The maximum Gasteiger partial charge on any atom is 0.340 e. The van der Waals surface area contributed by atoms with Crippen molar-refractivity contribution in [3.05, 3.63) is 47.9 Å². The monoisotopic (exact) mass is 467 g/mol. The summed E-state index contributed by atoms with van der Waals surface area (Å²) in [7, 11) is 4.49. The predicted octanol–water partition coefficient (Wildman–Crippen LogP) is 3.71. The standard InChI is InChI=1S/C24H25N3O7/c1-13-8-16(13)23(28)25-18-11-20(32-4)19(31-3)10-17(18)24(29)33-12-21-26-22(27-34-21)14-6-5-7-15(9-14)30-2/h5-7,9-11,13,16H,8,12H2,1-4H3,(H,25,28). The zero-order valence-electron chi connectivity index (χ0n) is 19.3. The largest absolute Gasteiger partial charge is 0.497 e. The summed E-state index contributed by atoms with van der Waals surface area (Å²) in [5, 5.41) is 6.73. The highest BCUT2D eigenvalue weighted by atomic mass is 16.6. The highest BCUT2D eigenvalue weighted by molar-refractivity contribution is 6.03. The van der Waals surface area contributed by atoms with E-state index < -0.39 is 5.97 Å². The number of nitrogens with one attached hydrogen (secondary N) is 1. The van der Waals surface area contributed by atoms with Gasteiger partial charge >= 0.3 is 5.97 Å². The molecule has 34 heavy (non-hydrogen) atoms. The number of carbonyl (C=O) groups excluding carboxylic acids is 2. The number of amides is 1. The Bertz CT molecular complexity index is 1210. The SMILES string of the molecule is COc1cccc(-c2noc(COC(=O)c3cc(OC)c(OC)cc3NC(=O)C3CC3C)n2)c1. The molecule has 1 fully saturated rings. The number of aromatic nitrogens is 2. The molecule has 0 bridgehead atoms. The third-order valence-electron chi connectivity index (χ3n) is 5.57. The molecule has 2 atom stereocenters. The van der Waals surface area contributed by atoms with Gasteiger partial charge in [0, 0.05) is 23.6 Å². The highest BCUT2D eigenvalue weighted by Gasteiger charge is 2.39. The Kier molecular flexibility index (Phi) is 6.67. The summed E-state index contributed by atoms with van der Waals surface area (Å²) in [5.74, 6) is 1.18. The summed E-state index contributed by atoms with van der Waals surface area (Å²) >= 11 is 0. The van der Waals surface area contributed by atoms with Crippen molar-refractivity contribution in [1.82, 2.24) is 10.1 Å². The zero-order chi connectivity index (χ0) is 24.2. The fraction of sp³-hybridized carbons (Fsp3) is 0.333. The van der Waals surface area contributed by atoms with Gasteiger partial charge in [0.15, 0.2) is 18.1 Å². The van der Waals surface area contributed by atoms with Gasteiger partial charge in [-0.15, -0.1) is 0 Å². The summed E-state index contributed by atoms with van der Waals surface area (Å²) in [6, 6.07) is 10.2. The van der Waals surface area contributed by atoms with Crippen molar-refractivity contribution in [2.24, 2.45) is 11.8 Å². The van der Waals surface area contributed by atoms with Gasteiger partial charge in [0.25, 0.3) is 5.89 Å². The quantitative estimate of drug-likeness (QED) is 0.469. The van der Waals surface area contributed by atoms with Gasteiger partial charge in [-0.05, 0) is 24.5 Å². The Morgan fingerprint density at radius 2 is 1.82 bits per heavy atom. The van der Waals surface area contributed by atoms with Crippen molar-refractivity contribution in [1.29, 1.82) is 0 Å². The fourth-order valence-electron chi connectivity index (χ4n) is 3.46. The van der Waals surface area contributed by atoms with Gasteiger partial charge in [0.05, 0.1) is 32.6 Å². The second-order valence-electron chi connectivity index (χ2n) is 7.88. The lowest BCUT2D eigenvalue weighted by molar-refractivity contribution is -0.117. The molecule has 178 valence electrons. The van der Waals surface area contributed by atoms with Crippen molar-refractivity contribution in [2.75, 3.05) is 26.6 Å². The van der Waals surface area contributed by atoms with Crippen LogP contribution in [0.4, 0.5) is 5.69 Å². The summed E-state index contributed by atoms with van der Waals surface area (Å²) in [6.45, 7) is 1.75. The number of ether oxygens (including phenoxy) is 4. The molecule has 1 aliphatic carbocycles. The number of carbonyl (C=O) groups is 2. The smallest absolute Gasteiger partial charge is 0.340 e. The molecule has 1 saturated carbocycles. The molecule has 0 saturated heterocycles. The van der Waals surface area contributed by atoms with E-state index >= 15 is 0 Å². The van der Waals surface area contributed by atoms with Gasteiger partial charge in [0.2, 0.25) is 11.7 Å². The average Bonchev–Trinajstić information content (AvgIpc) is 3.41. The van der Waals surface area contributed by atoms with Gasteiger partial charge in [-0.2, -0.15) is 4.98 Å². The summed E-state index contributed by atoms with van der Waals surface area (Å²) in [5.41, 5.74) is 1.08. The van der Waals surface area contributed by atoms with Gasteiger partial charge in [0.1, 0.15) is 5.75 Å². The van der Waals surface area contributed by atoms with Crippen LogP contribution in [-0.2, 0) is 16.1 Å². The number of methoxy groups -OCH3 is 3. The Morgan fingerprint density at radius 1 is 1.09 bits per heavy atom. The van der Waals surface area contributed by atoms with E-state index in [1.807, 2.05) is 13.0 Å². The maximum atomic E-state index is 12.9. The Balaban J connectivity index is 1.51. The summed E-state index contributed by atoms with van der Waals surface area (Å²) in [6.07, 6.45) is 0.811. The van der Waals surface area contributed by atoms with E-state index in [1.165, 1.54) is 26.4 Å². The number of hydrogen-bond donors (Lipinski definition) is 1. The first kappa shape index (κ1) is 23.1. The van der Waals surface area contributed by atoms with Gasteiger partial charge < -0.3 is 28.8 Å². The van der Waals surface area contributed by atoms with E-state index in [0.717, 1.165) is 6.42 Å². The molecular weight excluding hydrogens is 442 g/mol. The molecule has 2 aromatic carbocycles. The van der Waals surface area contributed by atoms with Gasteiger partial charge in [-0.1, -0.05) is 24.2 Å². The van der Waals surface area contributed by atoms with Crippen LogP contribution >= 0.6 is 0 Å². The zero-order valence-corrected chi connectivity index (χ0v) is 19.3. The van der Waals surface area contributed by atoms with Crippen LogP contribution in [0, 0.1) is 11.8 Å². The van der Waals surface area contributed by atoms with E-state index in [0.29, 0.717) is 34.6 Å². The van der Waals surface area contributed by atoms with E-state index in [-0.39, 0.29) is 35.6 Å². The molecule has 10 nitrogen and oxygen atoms in total. The Morgan fingerprint density at radius 3 is 2.50 bits per heavy atom. The highest BCUT2D eigenvalue weighted by Crippen LogP contribution is 2.40. The number of benzene rings is 2. The molecule has 10 heteroatoms. The van der Waals surface area contributed by atoms with E-state index in [9.17, 15) is 9.59 Å². The molecule has 2 unspecified atom stereocenters. The molecule has 1 aromatic heterocycles. The molecule has 1 heterocycles. The molecular formula is C24H25N3O7. The molecule has 0 spiro atoms. The minimum Gasteiger partial charge on any atom is -0.497 e. The maximum absolute atomic E-state index is 12.9. The lowest BCUT2D eigenvalue weighted by atomic mass is 10.1. The van der Waals surface area contributed by atoms with Crippen molar-refractivity contribution in [3.63, 3.8) is 0 Å². The first-order valence-corrected chi connectivity index (χ1v) is 10.6. The molecule has 0 radical (unpaired) electrons. The fourth-order valence-corrected chi connectivity index (χ4v) is 3.46. The minimum absolute atomic E-state index is 0.0783. The van der Waals surface area contributed by atoms with Crippen LogP contribution in [0.15, 0.2) is 40.9 Å². The summed E-state index contributed by atoms with van der Waals surface area (Å²) < 4.78 is 26.4. The third-order valence-corrected chi connectivity index (χ3v) is 5.57. The van der Waals surface area contributed by atoms with Crippen molar-refractivity contribution >= 4 is 17.6 Å². The molecule has 0 aliphatic heterocycles. The Labute approximate surface area is 196 Å². The number of nitrogens with zero attached hydrogens (tertiary/aromatic N) is 2. The van der Waals surface area contributed by atoms with Crippen LogP contribution in [0.3, 0.4) is 0 Å². The lowest BCUT2D eigenvalue weighted by Crippen LogP contribution is -2.18. The van der Waals surface area contributed by atoms with Crippen LogP contribution in [-0.4, -0.2) is 43.3 Å². The number of hydrogen-bond acceptors (Lipinski definition) is 9. The summed E-state index contributed by atoms with van der Waals surface area (Å²) in [4.78, 5) is 29.7. The predicted molar refractivity (Wildman–Crippen MR) is 121 cm³/mol. The molecule has 1 aliphatic rings. The lowest BCUT2D eigenvalue weighted by Gasteiger charge is -2.15. The van der Waals surface area contributed by atoms with Crippen LogP contribution in [0.2, 0.25) is 0 Å². The van der Waals surface area contributed by atoms with Crippen LogP contribution in [0.25, 0.3) is 11.4 Å². The van der Waals surface area contributed by atoms with Crippen LogP contribution in [0.1, 0.15) is 29.6 Å². The van der Waals surface area contributed by atoms with E-state index in [1.54, 1.807) is 25.3 Å². The van der Waals surface area contributed by atoms with Crippen molar-refractivity contribution in [3.8, 4) is 28.6 Å². The first-order chi connectivity index (χ1) is 16.4. The van der Waals surface area contributed by atoms with Crippen molar-refractivity contribution < 1.29 is 33.1 Å². The van der Waals surface area contributed by atoms with Gasteiger partial charge in [-0.25, -0.2) is 4.79 Å². The van der Waals surface area contributed by atoms with Gasteiger partial charge in [-0.3, -0.25) is 4.79 Å². The third kappa shape index (κ3) is 4.95. The molecule has 3 aromatic rings. The topological polar surface area (TPSA) is 122 Å². The minimum atomic E-state index is -0.693. The normalized spacial score (nSPS) is 16.5. The van der Waals surface area contributed by atoms with Crippen LogP contribution < -0.4 is 19.5 Å². The first-order valence-electron chi connectivity index (χ1n) is 10.6. The number of anilines is 1. The van der Waals surface area contributed by atoms with E-state index in [4.69, 9.17) is 23.5 Å². The van der Waals surface area contributed by atoms with E-state index in [2.05, 4.69) is 15.5 Å². The second kappa shape index (κ2) is 9.82. The van der Waals surface area contributed by atoms with Crippen LogP contribution in [0.5, 0.6) is 17.2 Å². The molecule has 4 rings (SSSR count). The molecule has 1 amide bonds. The van der Waals surface area contributed by atoms with Crippen molar-refractivity contribution in [2.45, 2.75) is 20.0 Å².